The van der Waals surface area contributed by atoms with Crippen molar-refractivity contribution in [2.45, 2.75) is 25.7 Å². The largest absolute Gasteiger partial charge is 0.491 e. The van der Waals surface area contributed by atoms with Crippen molar-refractivity contribution in [1.29, 1.82) is 0 Å². The van der Waals surface area contributed by atoms with Crippen LogP contribution in [-0.2, 0) is 0 Å². The van der Waals surface area contributed by atoms with Crippen molar-refractivity contribution in [1.82, 2.24) is 19.6 Å². The van der Waals surface area contributed by atoms with Crippen LogP contribution in [0.3, 0.4) is 0 Å². The van der Waals surface area contributed by atoms with Crippen molar-refractivity contribution < 1.29 is 19.3 Å². The van der Waals surface area contributed by atoms with Crippen molar-refractivity contribution in [2.24, 2.45) is 0 Å². The molecule has 2 heterocycles. The third-order valence-electron chi connectivity index (χ3n) is 6.95. The molecule has 2 aromatic carbocycles. The summed E-state index contributed by atoms with van der Waals surface area (Å²) in [4.78, 5) is 30.0. The molecule has 0 amide bonds. The number of nitrogens with two attached hydrogens (primary N) is 2. The second kappa shape index (κ2) is 14.7. The van der Waals surface area contributed by atoms with Crippen LogP contribution in [0.5, 0.6) is 11.5 Å². The lowest BCUT2D eigenvalue weighted by molar-refractivity contribution is -0.385. The summed E-state index contributed by atoms with van der Waals surface area (Å²) in [5.74, 6) is 0.688. The minimum atomic E-state index is -0.463. The van der Waals surface area contributed by atoms with Crippen LogP contribution in [0.1, 0.15) is 25.7 Å². The van der Waals surface area contributed by atoms with Gasteiger partial charge in [0.05, 0.1) is 59.9 Å². The van der Waals surface area contributed by atoms with Gasteiger partial charge < -0.3 is 40.5 Å². The number of hydrogen-bond acceptors (Lipinski definition) is 12. The molecule has 4 rings (SSSR count). The number of benzene rings is 2. The average molecular weight is 583 g/mol. The fraction of sp³-hybridized carbons (Fsp3) is 0.429. The van der Waals surface area contributed by atoms with Gasteiger partial charge in [0.15, 0.2) is 0 Å². The van der Waals surface area contributed by atoms with Gasteiger partial charge in [0.1, 0.15) is 11.5 Å². The van der Waals surface area contributed by atoms with E-state index in [9.17, 15) is 20.2 Å². The maximum Gasteiger partial charge on any atom is 0.273 e. The molecule has 0 radical (unpaired) electrons. The van der Waals surface area contributed by atoms with Crippen molar-refractivity contribution >= 4 is 22.7 Å². The number of non-ortho nitro benzene ring substituents is 2. The van der Waals surface area contributed by atoms with Gasteiger partial charge in [-0.3, -0.25) is 20.2 Å². The Morgan fingerprint density at radius 1 is 0.619 bits per heavy atom. The highest BCUT2D eigenvalue weighted by molar-refractivity contribution is 5.58. The first kappa shape index (κ1) is 30.1. The molecular weight excluding hydrogens is 544 g/mol. The number of unbranched alkanes of at least 4 members (excludes halogenated alkanes) is 1. The predicted octanol–water partition coefficient (Wildman–Crippen LogP) is 3.78. The molecule has 14 heteroatoms. The zero-order chi connectivity index (χ0) is 29.9. The summed E-state index contributed by atoms with van der Waals surface area (Å²) in [6, 6.07) is 8.44. The third kappa shape index (κ3) is 8.81. The van der Waals surface area contributed by atoms with Gasteiger partial charge in [-0.1, -0.05) is 0 Å². The monoisotopic (exact) mass is 582 g/mol. The molecule has 0 spiro atoms. The van der Waals surface area contributed by atoms with Crippen LogP contribution in [0.2, 0.25) is 0 Å². The summed E-state index contributed by atoms with van der Waals surface area (Å²) in [6.45, 7) is 6.12. The highest BCUT2D eigenvalue weighted by Crippen LogP contribution is 2.28. The molecule has 2 aliphatic heterocycles. The number of nitro groups is 2. The maximum absolute atomic E-state index is 10.9. The Morgan fingerprint density at radius 2 is 0.976 bits per heavy atom. The molecule has 0 atom stereocenters. The zero-order valence-corrected chi connectivity index (χ0v) is 23.5. The molecule has 0 saturated heterocycles. The molecule has 4 N–H and O–H groups in total. The van der Waals surface area contributed by atoms with Crippen molar-refractivity contribution in [2.75, 3.05) is 64.2 Å². The van der Waals surface area contributed by atoms with Crippen molar-refractivity contribution in [3.05, 3.63) is 81.4 Å². The van der Waals surface area contributed by atoms with E-state index in [-0.39, 0.29) is 11.4 Å². The first-order valence-corrected chi connectivity index (χ1v) is 13.9. The smallest absolute Gasteiger partial charge is 0.273 e. The SMILES string of the molecule is Nc1ccc([N+](=O)[O-])cc1OCCCN1C=CN(CCCCN2C=CN(CCCOc3cc([N+](=O)[O-])ccc3N)C2)C1. The Kier molecular flexibility index (Phi) is 10.5. The van der Waals surface area contributed by atoms with Crippen molar-refractivity contribution in [3.63, 3.8) is 0 Å². The van der Waals surface area contributed by atoms with Gasteiger partial charge in [-0.2, -0.15) is 0 Å². The summed E-state index contributed by atoms with van der Waals surface area (Å²) in [6.07, 6.45) is 12.1. The summed E-state index contributed by atoms with van der Waals surface area (Å²) < 4.78 is 11.3. The minimum absolute atomic E-state index is 0.0376. The highest BCUT2D eigenvalue weighted by atomic mass is 16.6. The molecule has 0 saturated carbocycles. The number of hydrogen-bond donors (Lipinski definition) is 2. The van der Waals surface area contributed by atoms with E-state index in [2.05, 4.69) is 44.4 Å². The zero-order valence-electron chi connectivity index (χ0n) is 23.5. The van der Waals surface area contributed by atoms with Crippen LogP contribution in [-0.4, -0.2) is 82.2 Å². The highest BCUT2D eigenvalue weighted by Gasteiger charge is 2.15. The van der Waals surface area contributed by atoms with E-state index in [1.54, 1.807) is 0 Å². The van der Waals surface area contributed by atoms with Gasteiger partial charge in [0, 0.05) is 63.1 Å². The Balaban J connectivity index is 1.02. The van der Waals surface area contributed by atoms with Crippen LogP contribution in [0, 0.1) is 20.2 Å². The Labute approximate surface area is 244 Å². The van der Waals surface area contributed by atoms with Crippen molar-refractivity contribution in [3.8, 4) is 11.5 Å². The van der Waals surface area contributed by atoms with Gasteiger partial charge in [-0.05, 0) is 37.8 Å². The molecule has 0 fully saturated rings. The third-order valence-corrected chi connectivity index (χ3v) is 6.95. The normalized spacial score (nSPS) is 14.2. The van der Waals surface area contributed by atoms with E-state index >= 15 is 0 Å². The molecule has 2 aliphatic rings. The first-order valence-electron chi connectivity index (χ1n) is 13.9. The number of rotatable bonds is 17. The van der Waals surface area contributed by atoms with E-state index < -0.39 is 9.85 Å². The molecule has 14 nitrogen and oxygen atoms in total. The lowest BCUT2D eigenvalue weighted by Gasteiger charge is -2.23. The summed E-state index contributed by atoms with van der Waals surface area (Å²) >= 11 is 0. The fourth-order valence-electron chi connectivity index (χ4n) is 4.67. The predicted molar refractivity (Wildman–Crippen MR) is 159 cm³/mol. The quantitative estimate of drug-likeness (QED) is 0.120. The van der Waals surface area contributed by atoms with Crippen LogP contribution in [0.15, 0.2) is 61.2 Å². The van der Waals surface area contributed by atoms with Gasteiger partial charge in [0.25, 0.3) is 11.4 Å². The number of nitrogens with zero attached hydrogens (tertiary/aromatic N) is 6. The molecule has 0 unspecified atom stereocenters. The molecule has 0 bridgehead atoms. The molecule has 226 valence electrons. The van der Waals surface area contributed by atoms with Gasteiger partial charge in [-0.15, -0.1) is 0 Å². The second-order valence-corrected chi connectivity index (χ2v) is 10.2. The fourth-order valence-corrected chi connectivity index (χ4v) is 4.67. The number of nitro benzene ring substituents is 2. The Morgan fingerprint density at radius 3 is 1.33 bits per heavy atom. The molecule has 0 aliphatic carbocycles. The molecule has 2 aromatic rings. The molecule has 42 heavy (non-hydrogen) atoms. The second-order valence-electron chi connectivity index (χ2n) is 10.2. The summed E-state index contributed by atoms with van der Waals surface area (Å²) in [5, 5.41) is 21.9. The van der Waals surface area contributed by atoms with Gasteiger partial charge in [0.2, 0.25) is 0 Å². The van der Waals surface area contributed by atoms with E-state index in [1.165, 1.54) is 36.4 Å². The topological polar surface area (TPSA) is 170 Å². The molecular formula is C28H38N8O6. The minimum Gasteiger partial charge on any atom is -0.491 e. The average Bonchev–Trinajstić information content (AvgIpc) is 3.62. The number of anilines is 2. The number of nitrogen functional groups attached to an aromatic ring is 2. The van der Waals surface area contributed by atoms with E-state index in [0.29, 0.717) is 36.1 Å². The lowest BCUT2D eigenvalue weighted by atomic mass is 10.2. The van der Waals surface area contributed by atoms with Gasteiger partial charge in [-0.25, -0.2) is 0 Å². The van der Waals surface area contributed by atoms with E-state index in [0.717, 1.165) is 65.2 Å². The molecule has 0 aromatic heterocycles. The van der Waals surface area contributed by atoms with E-state index in [1.807, 2.05) is 0 Å². The van der Waals surface area contributed by atoms with Crippen LogP contribution in [0.4, 0.5) is 22.7 Å². The van der Waals surface area contributed by atoms with Crippen LogP contribution >= 0.6 is 0 Å². The first-order chi connectivity index (χ1) is 20.3. The summed E-state index contributed by atoms with van der Waals surface area (Å²) in [7, 11) is 0. The van der Waals surface area contributed by atoms with Crippen LogP contribution in [0.25, 0.3) is 0 Å². The van der Waals surface area contributed by atoms with Gasteiger partial charge >= 0.3 is 0 Å². The maximum atomic E-state index is 10.9. The Hall–Kier alpha value is -4.88. The lowest BCUT2D eigenvalue weighted by Crippen LogP contribution is -2.29. The standard InChI is InChI=1S/C28H38N8O6/c29-25-7-5-23(35(37)38)19-27(25)41-17-3-11-33-15-13-31(21-33)9-1-2-10-32-14-16-34(22-32)12-4-18-42-28-20-24(36(39)40)6-8-26(28)30/h5-8,13-16,19-20H,1-4,9-12,17-18,21-22,29-30H2. The Bertz CT molecular complexity index is 1190. The van der Waals surface area contributed by atoms with Crippen LogP contribution < -0.4 is 20.9 Å². The van der Waals surface area contributed by atoms with E-state index in [4.69, 9.17) is 20.9 Å². The summed E-state index contributed by atoms with van der Waals surface area (Å²) in [5.41, 5.74) is 12.4. The number of ether oxygens (including phenoxy) is 2.